The number of nitrogens with two attached hydrogens (primary N) is 1. The molecule has 1 aliphatic rings. The summed E-state index contributed by atoms with van der Waals surface area (Å²) in [5, 5.41) is 9.85. The number of hydrogen-bond acceptors (Lipinski definition) is 8. The number of aliphatic hydroxyl groups excluding tert-OH is 1. The van der Waals surface area contributed by atoms with Crippen LogP contribution in [0.15, 0.2) is 47.4 Å². The van der Waals surface area contributed by atoms with Crippen molar-refractivity contribution in [3.8, 4) is 5.75 Å². The highest BCUT2D eigenvalue weighted by Crippen LogP contribution is 2.43. The summed E-state index contributed by atoms with van der Waals surface area (Å²) in [5.74, 6) is -3.68. The van der Waals surface area contributed by atoms with E-state index >= 15 is 0 Å². The highest BCUT2D eigenvalue weighted by molar-refractivity contribution is 7.33. The van der Waals surface area contributed by atoms with Crippen molar-refractivity contribution in [3.63, 3.8) is 0 Å². The van der Waals surface area contributed by atoms with Crippen molar-refractivity contribution >= 4 is 14.1 Å². The van der Waals surface area contributed by atoms with Gasteiger partial charge in [-0.1, -0.05) is 18.2 Å². The maximum absolute atomic E-state index is 14.3. The van der Waals surface area contributed by atoms with Crippen LogP contribution in [0.2, 0.25) is 0 Å². The van der Waals surface area contributed by atoms with E-state index in [1.165, 1.54) is 12.1 Å². The molecule has 0 radical (unpaired) electrons. The van der Waals surface area contributed by atoms with Gasteiger partial charge in [-0.05, 0) is 18.2 Å². The Morgan fingerprint density at radius 1 is 1.33 bits per heavy atom. The normalized spacial score (nSPS) is 25.2. The number of nitrogens with zero attached hydrogens (tertiary/aromatic N) is 2. The second kappa shape index (κ2) is 7.73. The minimum Gasteiger partial charge on any atom is -0.426 e. The molecular weight excluding hydrogens is 387 g/mol. The van der Waals surface area contributed by atoms with Crippen LogP contribution in [0.5, 0.6) is 5.75 Å². The Morgan fingerprint density at radius 2 is 2.04 bits per heavy atom. The number of ether oxygens (including phenoxy) is 1. The molecule has 9 nitrogen and oxygen atoms in total. The summed E-state index contributed by atoms with van der Waals surface area (Å²) in [5.41, 5.74) is 4.26. The molecule has 1 fully saturated rings. The van der Waals surface area contributed by atoms with Gasteiger partial charge in [-0.3, -0.25) is 9.09 Å². The highest BCUT2D eigenvalue weighted by Gasteiger charge is 2.59. The summed E-state index contributed by atoms with van der Waals surface area (Å²) in [6, 6.07) is 9.25. The van der Waals surface area contributed by atoms with Gasteiger partial charge in [0, 0.05) is 6.20 Å². The molecule has 27 heavy (non-hydrogen) atoms. The van der Waals surface area contributed by atoms with Crippen molar-refractivity contribution < 1.29 is 32.2 Å². The predicted octanol–water partition coefficient (Wildman–Crippen LogP) is 1.20. The Labute approximate surface area is 152 Å². The summed E-state index contributed by atoms with van der Waals surface area (Å²) < 4.78 is 56.0. The number of nitrogen functional groups attached to an aromatic ring is 1. The number of rotatable bonds is 6. The van der Waals surface area contributed by atoms with E-state index in [-0.39, 0.29) is 11.6 Å². The van der Waals surface area contributed by atoms with E-state index in [1.54, 1.807) is 18.2 Å². The largest absolute Gasteiger partial charge is 0.426 e. The van der Waals surface area contributed by atoms with Crippen LogP contribution < -0.4 is 15.9 Å². The molecule has 1 saturated heterocycles. The van der Waals surface area contributed by atoms with Gasteiger partial charge in [0.05, 0.1) is 6.61 Å². The van der Waals surface area contributed by atoms with Crippen molar-refractivity contribution in [1.29, 1.82) is 0 Å². The van der Waals surface area contributed by atoms with Crippen LogP contribution in [0, 0.1) is 0 Å². The number of anilines is 1. The number of halogens is 2. The Morgan fingerprint density at radius 3 is 2.70 bits per heavy atom. The molecule has 0 bridgehead atoms. The number of hydrogen-bond donors (Lipinski definition) is 2. The fourth-order valence-corrected chi connectivity index (χ4v) is 3.16. The molecule has 2 heterocycles. The van der Waals surface area contributed by atoms with Crippen LogP contribution in [0.3, 0.4) is 0 Å². The predicted molar refractivity (Wildman–Crippen MR) is 89.8 cm³/mol. The number of aliphatic hydroxyl groups is 1. The molecule has 0 spiro atoms. The number of alkyl halides is 2. The molecule has 146 valence electrons. The summed E-state index contributed by atoms with van der Waals surface area (Å²) in [7, 11) is -3.07. The topological polar surface area (TPSA) is 126 Å². The first-order valence-corrected chi connectivity index (χ1v) is 8.97. The summed E-state index contributed by atoms with van der Waals surface area (Å²) in [4.78, 5) is 15.1. The number of aromatic nitrogens is 2. The van der Waals surface area contributed by atoms with Gasteiger partial charge in [0.1, 0.15) is 17.7 Å². The highest BCUT2D eigenvalue weighted by atomic mass is 31.1. The third kappa shape index (κ3) is 4.16. The summed E-state index contributed by atoms with van der Waals surface area (Å²) >= 11 is 0. The molecule has 1 aliphatic heterocycles. The van der Waals surface area contributed by atoms with Gasteiger partial charge in [0.15, 0.2) is 6.10 Å². The smallest absolute Gasteiger partial charge is 0.367 e. The Kier molecular flexibility index (Phi) is 5.56. The zero-order valence-corrected chi connectivity index (χ0v) is 14.7. The number of benzene rings is 1. The maximum Gasteiger partial charge on any atom is 0.367 e. The van der Waals surface area contributed by atoms with E-state index in [0.717, 1.165) is 12.3 Å². The van der Waals surface area contributed by atoms with Crippen molar-refractivity contribution in [1.82, 2.24) is 9.55 Å². The van der Waals surface area contributed by atoms with E-state index < -0.39 is 44.9 Å². The van der Waals surface area contributed by atoms with Crippen LogP contribution in [0.1, 0.15) is 6.23 Å². The molecule has 2 aromatic rings. The van der Waals surface area contributed by atoms with Crippen LogP contribution in [0.25, 0.3) is 0 Å². The fourth-order valence-electron chi connectivity index (χ4n) is 2.47. The second-order valence-electron chi connectivity index (χ2n) is 5.66. The van der Waals surface area contributed by atoms with Crippen molar-refractivity contribution in [2.75, 3.05) is 12.3 Å². The van der Waals surface area contributed by atoms with E-state index in [9.17, 15) is 23.2 Å². The van der Waals surface area contributed by atoms with Crippen molar-refractivity contribution in [3.05, 3.63) is 53.1 Å². The fraction of sp³-hybridized carbons (Fsp3) is 0.333. The Bertz CT molecular complexity index is 881. The van der Waals surface area contributed by atoms with Crippen LogP contribution in [-0.4, -0.2) is 39.4 Å². The molecule has 1 aromatic heterocycles. The van der Waals surface area contributed by atoms with E-state index in [1.807, 2.05) is 0 Å². The van der Waals surface area contributed by atoms with Gasteiger partial charge in [-0.15, -0.1) is 0 Å². The molecule has 1 aromatic carbocycles. The quantitative estimate of drug-likeness (QED) is 0.690. The van der Waals surface area contributed by atoms with Crippen LogP contribution in [-0.2, 0) is 13.8 Å². The molecular formula is C15H16F2N3O6P. The van der Waals surface area contributed by atoms with Gasteiger partial charge in [-0.2, -0.15) is 13.8 Å². The first-order chi connectivity index (χ1) is 12.8. The van der Waals surface area contributed by atoms with Crippen molar-refractivity contribution in [2.24, 2.45) is 0 Å². The van der Waals surface area contributed by atoms with Gasteiger partial charge in [0.25, 0.3) is 0 Å². The standard InChI is InChI=1S/C15H16F2N3O6P/c16-15(17)12(21)10(8-24-27(23)26-9-4-2-1-3-5-9)25-13(15)20-7-6-11(18)19-14(20)22/h1-7,10,12-13,21,27H,8H2,(H2,18,19,22)/t10?,12?,13-/m1/s1. The molecule has 3 unspecified atom stereocenters. The maximum atomic E-state index is 14.3. The minimum atomic E-state index is -3.81. The molecule has 0 saturated carbocycles. The molecule has 0 aliphatic carbocycles. The second-order valence-corrected chi connectivity index (χ2v) is 6.66. The van der Waals surface area contributed by atoms with E-state index in [4.69, 9.17) is 19.5 Å². The molecule has 12 heteroatoms. The van der Waals surface area contributed by atoms with Crippen LogP contribution >= 0.6 is 8.25 Å². The monoisotopic (exact) mass is 403 g/mol. The SMILES string of the molecule is Nc1ccn([C@@H]2OC(CO[PH](=O)Oc3ccccc3)C(O)C2(F)F)c(=O)n1. The lowest BCUT2D eigenvalue weighted by molar-refractivity contribution is -0.140. The lowest BCUT2D eigenvalue weighted by atomic mass is 10.1. The Balaban J connectivity index is 1.67. The van der Waals surface area contributed by atoms with E-state index in [0.29, 0.717) is 4.57 Å². The zero-order chi connectivity index (χ0) is 19.6. The average Bonchev–Trinajstić information content (AvgIpc) is 2.84. The summed E-state index contributed by atoms with van der Waals surface area (Å²) in [6.45, 7) is -0.630. The first kappa shape index (κ1) is 19.4. The molecule has 0 amide bonds. The summed E-state index contributed by atoms with van der Waals surface area (Å²) in [6.07, 6.45) is -4.96. The first-order valence-electron chi connectivity index (χ1n) is 7.74. The van der Waals surface area contributed by atoms with Gasteiger partial charge in [-0.25, -0.2) is 9.36 Å². The van der Waals surface area contributed by atoms with Gasteiger partial charge in [0.2, 0.25) is 6.23 Å². The van der Waals surface area contributed by atoms with Gasteiger partial charge < -0.3 is 20.1 Å². The number of para-hydroxylation sites is 1. The third-order valence-corrected chi connectivity index (χ3v) is 4.60. The molecule has 3 N–H and O–H groups in total. The van der Waals surface area contributed by atoms with Crippen molar-refractivity contribution in [2.45, 2.75) is 24.4 Å². The molecule has 3 rings (SSSR count). The molecule has 4 atom stereocenters. The lowest BCUT2D eigenvalue weighted by Gasteiger charge is -2.20. The minimum absolute atomic E-state index is 0.144. The third-order valence-electron chi connectivity index (χ3n) is 3.79. The van der Waals surface area contributed by atoms with E-state index in [2.05, 4.69) is 4.98 Å². The van der Waals surface area contributed by atoms with Crippen LogP contribution in [0.4, 0.5) is 14.6 Å². The zero-order valence-electron chi connectivity index (χ0n) is 13.7. The Hall–Kier alpha value is -2.33. The van der Waals surface area contributed by atoms with Gasteiger partial charge >= 0.3 is 19.9 Å². The average molecular weight is 403 g/mol. The lowest BCUT2D eigenvalue weighted by Crippen LogP contribution is -2.41.